The van der Waals surface area contributed by atoms with Crippen LogP contribution >= 0.6 is 197 Å². The molecular formula is C10Cl17. The number of halogens is 17. The van der Waals surface area contributed by atoms with Crippen LogP contribution in [0, 0.1) is 5.38 Å². The topological polar surface area (TPSA) is 0 Å². The number of rotatable bonds is 0. The van der Waals surface area contributed by atoms with E-state index in [-0.39, 0.29) is 0 Å². The van der Waals surface area contributed by atoms with Crippen molar-refractivity contribution in [3.8, 4) is 0 Å². The average molecular weight is 723 g/mol. The van der Waals surface area contributed by atoms with Crippen LogP contribution in [0.25, 0.3) is 0 Å². The van der Waals surface area contributed by atoms with Crippen molar-refractivity contribution < 1.29 is 0 Å². The molecule has 0 heterocycles. The molecule has 0 amide bonds. The fourth-order valence-electron chi connectivity index (χ4n) is 2.73. The molecule has 1 radical (unpaired) electrons. The van der Waals surface area contributed by atoms with Crippen LogP contribution in [-0.4, -0.2) is 40.1 Å². The Labute approximate surface area is 239 Å². The van der Waals surface area contributed by atoms with E-state index >= 15 is 0 Å². The first-order valence-electron chi connectivity index (χ1n) is 5.96. The summed E-state index contributed by atoms with van der Waals surface area (Å²) >= 11 is 108. The van der Waals surface area contributed by atoms with E-state index in [1.165, 1.54) is 0 Å². The second-order valence-corrected chi connectivity index (χ2v) is 16.5. The van der Waals surface area contributed by atoms with Gasteiger partial charge in [-0.1, -0.05) is 162 Å². The number of fused-ring (bicyclic) bond motifs is 1. The van der Waals surface area contributed by atoms with Crippen LogP contribution in [0.1, 0.15) is 0 Å². The highest BCUT2D eigenvalue weighted by atomic mass is 35.6. The lowest BCUT2D eigenvalue weighted by Gasteiger charge is -2.73. The molecule has 2 rings (SSSR count). The molecular weight excluding hydrogens is 723 g/mol. The van der Waals surface area contributed by atoms with Crippen molar-refractivity contribution in [3.63, 3.8) is 0 Å². The standard InChI is InChI=1S/C10Cl17/c11-1-2(12)4(15,7(20,21)6(18,19)3(1,13)14)8(22,23)10(26,27)9(24,25)5(2,16)17. The lowest BCUT2D eigenvalue weighted by molar-refractivity contribution is 0.194. The zero-order valence-corrected chi connectivity index (χ0v) is 24.3. The van der Waals surface area contributed by atoms with Gasteiger partial charge in [-0.15, -0.1) is 34.8 Å². The largest absolute Gasteiger partial charge is 0.188 e. The maximum absolute atomic E-state index is 6.70. The van der Waals surface area contributed by atoms with E-state index in [1.54, 1.807) is 0 Å². The summed E-state index contributed by atoms with van der Waals surface area (Å²) in [7, 11) is 0. The van der Waals surface area contributed by atoms with Gasteiger partial charge in [0, 0.05) is 0 Å². The average Bonchev–Trinajstić information content (AvgIpc) is 2.48. The third-order valence-electron chi connectivity index (χ3n) is 4.32. The van der Waals surface area contributed by atoms with Gasteiger partial charge in [0.15, 0.2) is 30.3 Å². The highest BCUT2D eigenvalue weighted by Crippen LogP contribution is 2.86. The molecule has 2 fully saturated rings. The molecule has 0 aromatic heterocycles. The fraction of sp³-hybridized carbons (Fsp3) is 0.900. The van der Waals surface area contributed by atoms with Crippen LogP contribution in [-0.2, 0) is 0 Å². The van der Waals surface area contributed by atoms with Gasteiger partial charge in [-0.05, 0) is 0 Å². The summed E-state index contributed by atoms with van der Waals surface area (Å²) in [4.78, 5) is -5.54. The molecule has 0 aliphatic heterocycles. The van der Waals surface area contributed by atoms with E-state index < -0.39 is 45.5 Å². The van der Waals surface area contributed by atoms with Gasteiger partial charge in [0.1, 0.15) is 15.1 Å². The van der Waals surface area contributed by atoms with Crippen molar-refractivity contribution in [3.05, 3.63) is 5.38 Å². The van der Waals surface area contributed by atoms with Gasteiger partial charge < -0.3 is 0 Å². The summed E-state index contributed by atoms with van der Waals surface area (Å²) in [5.74, 6) is 0. The Morgan fingerprint density at radius 1 is 0.370 bits per heavy atom. The predicted octanol–water partition coefficient (Wildman–Crippen LogP) is 9.96. The van der Waals surface area contributed by atoms with Crippen LogP contribution in [0.5, 0.6) is 0 Å². The van der Waals surface area contributed by atoms with Crippen molar-refractivity contribution >= 4 is 197 Å². The molecule has 2 unspecified atom stereocenters. The Kier molecular flexibility index (Phi) is 7.54. The molecule has 0 aromatic carbocycles. The van der Waals surface area contributed by atoms with Gasteiger partial charge in [0.25, 0.3) is 0 Å². The molecule has 0 N–H and O–H groups in total. The van der Waals surface area contributed by atoms with Gasteiger partial charge in [0.2, 0.25) is 0 Å². The van der Waals surface area contributed by atoms with Crippen molar-refractivity contribution in [1.29, 1.82) is 0 Å². The van der Waals surface area contributed by atoms with Crippen molar-refractivity contribution in [2.75, 3.05) is 0 Å². The summed E-state index contributed by atoms with van der Waals surface area (Å²) in [6, 6.07) is 0. The molecule has 0 saturated heterocycles. The zero-order chi connectivity index (χ0) is 22.1. The first-order valence-corrected chi connectivity index (χ1v) is 12.4. The van der Waals surface area contributed by atoms with E-state index in [1.807, 2.05) is 0 Å². The molecule has 0 spiro atoms. The van der Waals surface area contributed by atoms with Crippen LogP contribution in [0.15, 0.2) is 0 Å². The Morgan fingerprint density at radius 2 is 0.667 bits per heavy atom. The molecule has 17 heteroatoms. The molecule has 2 saturated carbocycles. The minimum Gasteiger partial charge on any atom is -0.112 e. The molecule has 0 aromatic rings. The SMILES string of the molecule is Cl[C]1C(Cl)(Cl)C(Cl)(Cl)C(Cl)(Cl)C2(Cl)C(Cl)(Cl)C(Cl)(Cl)C(Cl)(Cl)C(Cl)(Cl)C12Cl. The first-order chi connectivity index (χ1) is 11.4. The van der Waals surface area contributed by atoms with Gasteiger partial charge in [0.05, 0.1) is 0 Å². The summed E-state index contributed by atoms with van der Waals surface area (Å²) in [6.07, 6.45) is 0. The van der Waals surface area contributed by atoms with Gasteiger partial charge in [-0.25, -0.2) is 0 Å². The molecule has 0 nitrogen and oxygen atoms in total. The quantitative estimate of drug-likeness (QED) is 0.219. The highest BCUT2D eigenvalue weighted by molar-refractivity contribution is 6.82. The highest BCUT2D eigenvalue weighted by Gasteiger charge is 2.98. The molecule has 27 heavy (non-hydrogen) atoms. The molecule has 2 aliphatic rings. The lowest BCUT2D eigenvalue weighted by atomic mass is 9.65. The minimum atomic E-state index is -2.81. The van der Waals surface area contributed by atoms with E-state index in [2.05, 4.69) is 0 Å². The second-order valence-electron chi connectivity index (χ2n) is 5.65. The second kappa shape index (κ2) is 7.22. The Balaban J connectivity index is 3.14. The van der Waals surface area contributed by atoms with Crippen LogP contribution in [0.4, 0.5) is 0 Å². The number of hydrogen-bond donors (Lipinski definition) is 0. The fourth-order valence-corrected chi connectivity index (χ4v) is 10.6. The van der Waals surface area contributed by atoms with Crippen molar-refractivity contribution in [2.45, 2.75) is 40.1 Å². The van der Waals surface area contributed by atoms with Crippen molar-refractivity contribution in [2.24, 2.45) is 0 Å². The summed E-state index contributed by atoms with van der Waals surface area (Å²) < 4.78 is -18.9. The molecule has 0 bridgehead atoms. The van der Waals surface area contributed by atoms with E-state index in [4.69, 9.17) is 197 Å². The Bertz CT molecular complexity index is 653. The van der Waals surface area contributed by atoms with Crippen LogP contribution < -0.4 is 0 Å². The number of alkyl halides is 16. The zero-order valence-electron chi connectivity index (χ0n) is 11.4. The molecule has 159 valence electrons. The molecule has 2 aliphatic carbocycles. The summed E-state index contributed by atoms with van der Waals surface area (Å²) in [5.41, 5.74) is 0. The summed E-state index contributed by atoms with van der Waals surface area (Å²) in [5, 5.41) is -0.804. The smallest absolute Gasteiger partial charge is 0.112 e. The van der Waals surface area contributed by atoms with Crippen LogP contribution in [0.3, 0.4) is 0 Å². The third-order valence-corrected chi connectivity index (χ3v) is 17.1. The van der Waals surface area contributed by atoms with E-state index in [0.717, 1.165) is 0 Å². The third kappa shape index (κ3) is 2.70. The summed E-state index contributed by atoms with van der Waals surface area (Å²) in [6.45, 7) is 0. The Hall–Kier alpha value is 4.93. The van der Waals surface area contributed by atoms with Crippen LogP contribution in [0.2, 0.25) is 0 Å². The normalized spacial score (nSPS) is 43.0. The molecule has 2 atom stereocenters. The van der Waals surface area contributed by atoms with Gasteiger partial charge in [-0.3, -0.25) is 0 Å². The monoisotopic (exact) mass is 714 g/mol. The Morgan fingerprint density at radius 3 is 1.04 bits per heavy atom. The maximum Gasteiger partial charge on any atom is 0.188 e. The predicted molar refractivity (Wildman–Crippen MR) is 127 cm³/mol. The first kappa shape index (κ1) is 28.2. The lowest BCUT2D eigenvalue weighted by Crippen LogP contribution is -2.91. The van der Waals surface area contributed by atoms with Gasteiger partial charge in [-0.2, -0.15) is 0 Å². The van der Waals surface area contributed by atoms with Crippen molar-refractivity contribution in [1.82, 2.24) is 0 Å². The maximum atomic E-state index is 6.70. The van der Waals surface area contributed by atoms with Gasteiger partial charge >= 0.3 is 0 Å². The number of hydrogen-bond acceptors (Lipinski definition) is 0. The van der Waals surface area contributed by atoms with E-state index in [0.29, 0.717) is 0 Å². The minimum absolute atomic E-state index is 0.804. The van der Waals surface area contributed by atoms with E-state index in [9.17, 15) is 0 Å².